The number of hydrogen-bond acceptors (Lipinski definition) is 3. The number of fused-ring (bicyclic) bond motifs is 1. The van der Waals surface area contributed by atoms with Gasteiger partial charge in [-0.2, -0.15) is 0 Å². The van der Waals surface area contributed by atoms with Gasteiger partial charge in [0.25, 0.3) is 0 Å². The summed E-state index contributed by atoms with van der Waals surface area (Å²) in [6.45, 7) is 7.23. The Balaban J connectivity index is 1.31. The van der Waals surface area contributed by atoms with E-state index < -0.39 is 6.10 Å². The lowest BCUT2D eigenvalue weighted by molar-refractivity contribution is 0.141. The summed E-state index contributed by atoms with van der Waals surface area (Å²) in [5.41, 5.74) is 6.85. The topological polar surface area (TPSA) is 32.7 Å². The number of aryl methyl sites for hydroxylation is 2. The van der Waals surface area contributed by atoms with Gasteiger partial charge in [0.05, 0.1) is 6.10 Å². The van der Waals surface area contributed by atoms with Crippen LogP contribution in [-0.2, 0) is 13.1 Å². The molecule has 4 rings (SSSR count). The molecular weight excluding hydrogens is 382 g/mol. The molecule has 1 N–H and O–H groups in total. The first-order chi connectivity index (χ1) is 15.1. The highest BCUT2D eigenvalue weighted by Gasteiger charge is 2.19. The number of aliphatic hydroxyl groups is 1. The quantitative estimate of drug-likeness (QED) is 0.568. The SMILES string of the molecule is Cc1cccc(C)c1OCC#Cc1cccc([C@H](O)CCN2Cc3ccccc3C2)c1. The van der Waals surface area contributed by atoms with Crippen LogP contribution in [0.15, 0.2) is 66.7 Å². The summed E-state index contributed by atoms with van der Waals surface area (Å²) in [7, 11) is 0. The van der Waals surface area contributed by atoms with Crippen LogP contribution < -0.4 is 4.74 Å². The van der Waals surface area contributed by atoms with Crippen molar-refractivity contribution in [3.63, 3.8) is 0 Å². The molecule has 0 saturated carbocycles. The van der Waals surface area contributed by atoms with Gasteiger partial charge in [0.1, 0.15) is 12.4 Å². The van der Waals surface area contributed by atoms with Crippen LogP contribution in [0.3, 0.4) is 0 Å². The van der Waals surface area contributed by atoms with Crippen molar-refractivity contribution in [1.82, 2.24) is 4.90 Å². The highest BCUT2D eigenvalue weighted by molar-refractivity contribution is 5.41. The maximum absolute atomic E-state index is 10.7. The summed E-state index contributed by atoms with van der Waals surface area (Å²) in [5.74, 6) is 7.16. The van der Waals surface area contributed by atoms with Crippen LogP contribution in [-0.4, -0.2) is 23.2 Å². The lowest BCUT2D eigenvalue weighted by Gasteiger charge is -2.18. The number of nitrogens with zero attached hydrogens (tertiary/aromatic N) is 1. The highest BCUT2D eigenvalue weighted by atomic mass is 16.5. The van der Waals surface area contributed by atoms with Gasteiger partial charge < -0.3 is 9.84 Å². The average Bonchev–Trinajstić information content (AvgIpc) is 3.20. The van der Waals surface area contributed by atoms with E-state index in [0.717, 1.165) is 47.6 Å². The van der Waals surface area contributed by atoms with Crippen molar-refractivity contribution in [3.8, 4) is 17.6 Å². The molecular formula is C28H29NO2. The molecule has 3 aromatic rings. The number of benzene rings is 3. The third-order valence-corrected chi connectivity index (χ3v) is 5.83. The van der Waals surface area contributed by atoms with Crippen molar-refractivity contribution in [2.45, 2.75) is 39.5 Å². The van der Waals surface area contributed by atoms with E-state index in [4.69, 9.17) is 4.74 Å². The molecule has 158 valence electrons. The number of ether oxygens (including phenoxy) is 1. The Morgan fingerprint density at radius 1 is 0.935 bits per heavy atom. The molecule has 0 unspecified atom stereocenters. The molecule has 0 saturated heterocycles. The molecule has 0 bridgehead atoms. The second kappa shape index (κ2) is 9.83. The second-order valence-corrected chi connectivity index (χ2v) is 8.22. The molecule has 0 fully saturated rings. The fourth-order valence-corrected chi connectivity index (χ4v) is 4.13. The third-order valence-electron chi connectivity index (χ3n) is 5.83. The van der Waals surface area contributed by atoms with Gasteiger partial charge in [-0.1, -0.05) is 66.4 Å². The predicted octanol–water partition coefficient (Wildman–Crippen LogP) is 5.17. The molecule has 3 nitrogen and oxygen atoms in total. The van der Waals surface area contributed by atoms with E-state index in [1.165, 1.54) is 11.1 Å². The van der Waals surface area contributed by atoms with Crippen LogP contribution in [0.5, 0.6) is 5.75 Å². The maximum atomic E-state index is 10.7. The lowest BCUT2D eigenvalue weighted by atomic mass is 10.0. The van der Waals surface area contributed by atoms with Gasteiger partial charge in [-0.05, 0) is 60.2 Å². The average molecular weight is 412 g/mol. The molecule has 0 spiro atoms. The van der Waals surface area contributed by atoms with Gasteiger partial charge in [-0.25, -0.2) is 0 Å². The van der Waals surface area contributed by atoms with Crippen LogP contribution in [0.25, 0.3) is 0 Å². The Morgan fingerprint density at radius 2 is 1.61 bits per heavy atom. The molecule has 3 aromatic carbocycles. The van der Waals surface area contributed by atoms with Crippen molar-refractivity contribution in [1.29, 1.82) is 0 Å². The largest absolute Gasteiger partial charge is 0.480 e. The molecule has 0 radical (unpaired) electrons. The van der Waals surface area contributed by atoms with E-state index >= 15 is 0 Å². The third kappa shape index (κ3) is 5.35. The van der Waals surface area contributed by atoms with Gasteiger partial charge in [-0.3, -0.25) is 4.90 Å². The molecule has 0 amide bonds. The Bertz CT molecular complexity index is 1060. The second-order valence-electron chi connectivity index (χ2n) is 8.22. The van der Waals surface area contributed by atoms with Gasteiger partial charge in [0.15, 0.2) is 0 Å². The zero-order chi connectivity index (χ0) is 21.6. The van der Waals surface area contributed by atoms with Crippen molar-refractivity contribution >= 4 is 0 Å². The minimum atomic E-state index is -0.490. The van der Waals surface area contributed by atoms with Gasteiger partial charge in [-0.15, -0.1) is 0 Å². The first-order valence-electron chi connectivity index (χ1n) is 10.8. The van der Waals surface area contributed by atoms with Crippen molar-refractivity contribution in [3.05, 3.63) is 100 Å². The van der Waals surface area contributed by atoms with E-state index in [1.807, 2.05) is 56.3 Å². The number of hydrogen-bond donors (Lipinski definition) is 1. The molecule has 3 heteroatoms. The Hall–Kier alpha value is -3.06. The molecule has 1 aliphatic heterocycles. The first kappa shape index (κ1) is 21.2. The Labute approximate surface area is 185 Å². The summed E-state index contributed by atoms with van der Waals surface area (Å²) in [5, 5.41) is 10.7. The predicted molar refractivity (Wildman–Crippen MR) is 125 cm³/mol. The summed E-state index contributed by atoms with van der Waals surface area (Å²) >= 11 is 0. The number of para-hydroxylation sites is 1. The summed E-state index contributed by atoms with van der Waals surface area (Å²) in [6.07, 6.45) is 0.219. The molecule has 1 aliphatic rings. The summed E-state index contributed by atoms with van der Waals surface area (Å²) in [6, 6.07) is 22.6. The smallest absolute Gasteiger partial charge is 0.149 e. The molecule has 0 aliphatic carbocycles. The monoisotopic (exact) mass is 411 g/mol. The van der Waals surface area contributed by atoms with Crippen LogP contribution in [0.4, 0.5) is 0 Å². The van der Waals surface area contributed by atoms with Crippen LogP contribution in [0.2, 0.25) is 0 Å². The zero-order valence-electron chi connectivity index (χ0n) is 18.3. The fourth-order valence-electron chi connectivity index (χ4n) is 4.13. The van der Waals surface area contributed by atoms with Crippen molar-refractivity contribution < 1.29 is 9.84 Å². The van der Waals surface area contributed by atoms with Crippen LogP contribution in [0.1, 0.15) is 45.9 Å². The van der Waals surface area contributed by atoms with Crippen molar-refractivity contribution in [2.75, 3.05) is 13.2 Å². The number of rotatable bonds is 6. The molecule has 1 atom stereocenters. The fraction of sp³-hybridized carbons (Fsp3) is 0.286. The normalized spacial score (nSPS) is 13.9. The standard InChI is InChI=1S/C28H29NO2/c1-21-8-5-9-22(2)28(21)31-17-7-11-23-10-6-14-24(18-23)27(30)15-16-29-19-25-12-3-4-13-26(25)20-29/h3-6,8-10,12-14,18,27,30H,15-17,19-20H2,1-2H3/t27-/m1/s1. The Morgan fingerprint density at radius 3 is 2.32 bits per heavy atom. The Kier molecular flexibility index (Phi) is 6.72. The minimum absolute atomic E-state index is 0.341. The van der Waals surface area contributed by atoms with Crippen LogP contribution >= 0.6 is 0 Å². The lowest BCUT2D eigenvalue weighted by Crippen LogP contribution is -2.19. The molecule has 31 heavy (non-hydrogen) atoms. The minimum Gasteiger partial charge on any atom is -0.480 e. The van der Waals surface area contributed by atoms with Crippen molar-refractivity contribution in [2.24, 2.45) is 0 Å². The van der Waals surface area contributed by atoms with E-state index in [1.54, 1.807) is 0 Å². The van der Waals surface area contributed by atoms with Crippen LogP contribution in [0, 0.1) is 25.7 Å². The highest BCUT2D eigenvalue weighted by Crippen LogP contribution is 2.25. The van der Waals surface area contributed by atoms with Gasteiger partial charge in [0, 0.05) is 25.2 Å². The zero-order valence-corrected chi connectivity index (χ0v) is 18.3. The molecule has 0 aromatic heterocycles. The summed E-state index contributed by atoms with van der Waals surface area (Å²) in [4.78, 5) is 2.39. The van der Waals surface area contributed by atoms with Gasteiger partial charge >= 0.3 is 0 Å². The van der Waals surface area contributed by atoms with Gasteiger partial charge in [0.2, 0.25) is 0 Å². The number of aliphatic hydroxyl groups excluding tert-OH is 1. The first-order valence-corrected chi connectivity index (χ1v) is 10.8. The van der Waals surface area contributed by atoms with E-state index in [0.29, 0.717) is 13.0 Å². The summed E-state index contributed by atoms with van der Waals surface area (Å²) < 4.78 is 5.86. The van der Waals surface area contributed by atoms with E-state index in [-0.39, 0.29) is 0 Å². The maximum Gasteiger partial charge on any atom is 0.149 e. The van der Waals surface area contributed by atoms with E-state index in [2.05, 4.69) is 41.0 Å². The van der Waals surface area contributed by atoms with E-state index in [9.17, 15) is 5.11 Å². The molecule has 1 heterocycles.